The summed E-state index contributed by atoms with van der Waals surface area (Å²) in [5.74, 6) is 0.150. The molecule has 0 atom stereocenters. The highest BCUT2D eigenvalue weighted by Crippen LogP contribution is 2.30. The summed E-state index contributed by atoms with van der Waals surface area (Å²) in [7, 11) is 0. The van der Waals surface area contributed by atoms with Crippen LogP contribution in [0, 0.1) is 13.8 Å². The molecular formula is C13H12Cl2N2OS2. The second kappa shape index (κ2) is 6.80. The molecule has 0 bridgehead atoms. The number of thioether (sulfide) groups is 1. The predicted octanol–water partition coefficient (Wildman–Crippen LogP) is 4.80. The number of thiazole rings is 1. The van der Waals surface area contributed by atoms with Crippen LogP contribution in [0.5, 0.6) is 0 Å². The van der Waals surface area contributed by atoms with Crippen molar-refractivity contribution in [1.82, 2.24) is 4.98 Å². The second-order valence-corrected chi connectivity index (χ2v) is 7.14. The normalized spacial score (nSPS) is 10.6. The maximum absolute atomic E-state index is 11.9. The molecule has 106 valence electrons. The first-order valence-electron chi connectivity index (χ1n) is 5.77. The topological polar surface area (TPSA) is 42.0 Å². The van der Waals surface area contributed by atoms with Crippen molar-refractivity contribution in [3.8, 4) is 0 Å². The average Bonchev–Trinajstić information content (AvgIpc) is 2.69. The lowest BCUT2D eigenvalue weighted by atomic mass is 10.4. The maximum Gasteiger partial charge on any atom is 0.236 e. The van der Waals surface area contributed by atoms with Crippen LogP contribution in [-0.2, 0) is 4.79 Å². The molecule has 1 N–H and O–H groups in total. The zero-order chi connectivity index (χ0) is 14.7. The molecule has 20 heavy (non-hydrogen) atoms. The standard InChI is InChI=1S/C13H12Cl2N2OS2/c1-7-8(2)20-13(16-7)17-12(18)6-19-11-5-9(14)3-4-10(11)15/h3-5H,6H2,1-2H3,(H,16,17,18). The summed E-state index contributed by atoms with van der Waals surface area (Å²) in [6, 6.07) is 5.19. The Morgan fingerprint density at radius 1 is 1.40 bits per heavy atom. The Kier molecular flexibility index (Phi) is 5.32. The summed E-state index contributed by atoms with van der Waals surface area (Å²) < 4.78 is 0. The van der Waals surface area contributed by atoms with Gasteiger partial charge in [0.05, 0.1) is 16.5 Å². The Morgan fingerprint density at radius 3 is 2.80 bits per heavy atom. The van der Waals surface area contributed by atoms with Crippen molar-refractivity contribution >= 4 is 57.3 Å². The van der Waals surface area contributed by atoms with E-state index in [1.165, 1.54) is 23.1 Å². The Balaban J connectivity index is 1.93. The Bertz CT molecular complexity index is 624. The van der Waals surface area contributed by atoms with E-state index >= 15 is 0 Å². The van der Waals surface area contributed by atoms with Crippen molar-refractivity contribution in [2.24, 2.45) is 0 Å². The van der Waals surface area contributed by atoms with Crippen molar-refractivity contribution in [1.29, 1.82) is 0 Å². The molecule has 0 fully saturated rings. The van der Waals surface area contributed by atoms with Crippen LogP contribution in [0.3, 0.4) is 0 Å². The number of nitrogens with zero attached hydrogens (tertiary/aromatic N) is 1. The third kappa shape index (κ3) is 4.12. The van der Waals surface area contributed by atoms with Gasteiger partial charge in [-0.1, -0.05) is 23.2 Å². The van der Waals surface area contributed by atoms with Crippen LogP contribution in [0.4, 0.5) is 5.13 Å². The summed E-state index contributed by atoms with van der Waals surface area (Å²) in [6.07, 6.45) is 0. The molecule has 2 rings (SSSR count). The number of rotatable bonds is 4. The zero-order valence-corrected chi connectivity index (χ0v) is 14.0. The van der Waals surface area contributed by atoms with E-state index in [1.54, 1.807) is 18.2 Å². The third-order valence-electron chi connectivity index (χ3n) is 2.53. The highest BCUT2D eigenvalue weighted by molar-refractivity contribution is 8.00. The van der Waals surface area contributed by atoms with Gasteiger partial charge in [0, 0.05) is 14.8 Å². The smallest absolute Gasteiger partial charge is 0.236 e. The van der Waals surface area contributed by atoms with Gasteiger partial charge in [0.2, 0.25) is 5.91 Å². The zero-order valence-electron chi connectivity index (χ0n) is 10.9. The molecule has 0 aliphatic carbocycles. The molecule has 0 saturated heterocycles. The second-order valence-electron chi connectivity index (χ2n) is 4.07. The molecule has 0 saturated carbocycles. The van der Waals surface area contributed by atoms with Gasteiger partial charge in [0.25, 0.3) is 0 Å². The maximum atomic E-state index is 11.9. The van der Waals surface area contributed by atoms with Gasteiger partial charge in [0.15, 0.2) is 5.13 Å². The number of benzene rings is 1. The first-order valence-corrected chi connectivity index (χ1v) is 8.33. The quantitative estimate of drug-likeness (QED) is 0.808. The van der Waals surface area contributed by atoms with Crippen molar-refractivity contribution in [3.05, 3.63) is 38.8 Å². The van der Waals surface area contributed by atoms with E-state index in [0.717, 1.165) is 15.5 Å². The average molecular weight is 347 g/mol. The fourth-order valence-electron chi connectivity index (χ4n) is 1.41. The van der Waals surface area contributed by atoms with Gasteiger partial charge >= 0.3 is 0 Å². The number of anilines is 1. The molecular weight excluding hydrogens is 335 g/mol. The third-order valence-corrected chi connectivity index (χ3v) is 5.25. The lowest BCUT2D eigenvalue weighted by molar-refractivity contribution is -0.113. The largest absolute Gasteiger partial charge is 0.301 e. The minimum Gasteiger partial charge on any atom is -0.301 e. The van der Waals surface area contributed by atoms with Crippen LogP contribution in [0.1, 0.15) is 10.6 Å². The minimum absolute atomic E-state index is 0.111. The van der Waals surface area contributed by atoms with Gasteiger partial charge in [0.1, 0.15) is 0 Å². The number of hydrogen-bond donors (Lipinski definition) is 1. The molecule has 0 radical (unpaired) electrons. The van der Waals surface area contributed by atoms with Crippen molar-refractivity contribution in [3.63, 3.8) is 0 Å². The number of aryl methyl sites for hydroxylation is 2. The lowest BCUT2D eigenvalue weighted by Crippen LogP contribution is -2.13. The number of nitrogens with one attached hydrogen (secondary N) is 1. The highest BCUT2D eigenvalue weighted by Gasteiger charge is 2.10. The van der Waals surface area contributed by atoms with E-state index < -0.39 is 0 Å². The van der Waals surface area contributed by atoms with Gasteiger partial charge in [-0.3, -0.25) is 4.79 Å². The van der Waals surface area contributed by atoms with Crippen molar-refractivity contribution < 1.29 is 4.79 Å². The van der Waals surface area contributed by atoms with E-state index in [0.29, 0.717) is 15.2 Å². The summed E-state index contributed by atoms with van der Waals surface area (Å²) in [5.41, 5.74) is 0.941. The van der Waals surface area contributed by atoms with E-state index in [9.17, 15) is 4.79 Å². The van der Waals surface area contributed by atoms with E-state index in [-0.39, 0.29) is 11.7 Å². The summed E-state index contributed by atoms with van der Waals surface area (Å²) >= 11 is 14.8. The monoisotopic (exact) mass is 346 g/mol. The molecule has 1 aromatic carbocycles. The van der Waals surface area contributed by atoms with Crippen LogP contribution >= 0.6 is 46.3 Å². The number of hydrogen-bond acceptors (Lipinski definition) is 4. The van der Waals surface area contributed by atoms with Gasteiger partial charge in [-0.15, -0.1) is 23.1 Å². The van der Waals surface area contributed by atoms with Crippen LogP contribution in [0.15, 0.2) is 23.1 Å². The van der Waals surface area contributed by atoms with E-state index in [4.69, 9.17) is 23.2 Å². The molecule has 0 aliphatic heterocycles. The van der Waals surface area contributed by atoms with Gasteiger partial charge in [-0.05, 0) is 32.0 Å². The number of carbonyl (C=O) groups is 1. The molecule has 2 aromatic rings. The van der Waals surface area contributed by atoms with Crippen LogP contribution in [0.2, 0.25) is 10.0 Å². The molecule has 0 spiro atoms. The Hall–Kier alpha value is -0.750. The molecule has 1 aromatic heterocycles. The molecule has 1 amide bonds. The SMILES string of the molecule is Cc1nc(NC(=O)CSc2cc(Cl)ccc2Cl)sc1C. The first-order chi connectivity index (χ1) is 9.45. The summed E-state index contributed by atoms with van der Waals surface area (Å²) in [5, 5.41) is 4.60. The highest BCUT2D eigenvalue weighted by atomic mass is 35.5. The fraction of sp³-hybridized carbons (Fsp3) is 0.231. The minimum atomic E-state index is -0.111. The Labute approximate surface area is 135 Å². The number of aromatic nitrogens is 1. The lowest BCUT2D eigenvalue weighted by Gasteiger charge is -2.04. The van der Waals surface area contributed by atoms with Crippen LogP contribution in [0.25, 0.3) is 0 Å². The molecule has 3 nitrogen and oxygen atoms in total. The van der Waals surface area contributed by atoms with E-state index in [2.05, 4.69) is 10.3 Å². The predicted molar refractivity (Wildman–Crippen MR) is 87.4 cm³/mol. The van der Waals surface area contributed by atoms with Crippen LogP contribution < -0.4 is 5.32 Å². The first kappa shape index (κ1) is 15.6. The Morgan fingerprint density at radius 2 is 2.15 bits per heavy atom. The number of carbonyl (C=O) groups excluding carboxylic acids is 1. The van der Waals surface area contributed by atoms with Crippen molar-refractivity contribution in [2.45, 2.75) is 18.7 Å². The molecule has 0 unspecified atom stereocenters. The number of halogens is 2. The molecule has 1 heterocycles. The van der Waals surface area contributed by atoms with Gasteiger partial charge < -0.3 is 5.32 Å². The van der Waals surface area contributed by atoms with E-state index in [1.807, 2.05) is 13.8 Å². The van der Waals surface area contributed by atoms with Crippen LogP contribution in [-0.4, -0.2) is 16.6 Å². The van der Waals surface area contributed by atoms with Gasteiger partial charge in [-0.2, -0.15) is 0 Å². The van der Waals surface area contributed by atoms with Crippen molar-refractivity contribution in [2.75, 3.05) is 11.1 Å². The fourth-order valence-corrected chi connectivity index (χ4v) is 3.54. The number of amides is 1. The summed E-state index contributed by atoms with van der Waals surface area (Å²) in [4.78, 5) is 18.0. The summed E-state index contributed by atoms with van der Waals surface area (Å²) in [6.45, 7) is 3.89. The molecule has 7 heteroatoms. The molecule has 0 aliphatic rings. The van der Waals surface area contributed by atoms with Gasteiger partial charge in [-0.25, -0.2) is 4.98 Å².